The molecule has 0 aliphatic rings. The lowest BCUT2D eigenvalue weighted by molar-refractivity contribution is 0.601. The summed E-state index contributed by atoms with van der Waals surface area (Å²) < 4.78 is 26.5. The Kier molecular flexibility index (Phi) is 4.20. The second kappa shape index (κ2) is 5.54. The van der Waals surface area contributed by atoms with Gasteiger partial charge in [-0.05, 0) is 24.3 Å². The monoisotopic (exact) mass is 336 g/mol. The predicted octanol–water partition coefficient (Wildman–Crippen LogP) is 3.84. The van der Waals surface area contributed by atoms with E-state index < -0.39 is 10.0 Å². The summed E-state index contributed by atoms with van der Waals surface area (Å²) in [5.41, 5.74) is 0. The van der Waals surface area contributed by atoms with Gasteiger partial charge < -0.3 is 0 Å². The van der Waals surface area contributed by atoms with Crippen LogP contribution in [0.15, 0.2) is 41.4 Å². The summed E-state index contributed by atoms with van der Waals surface area (Å²) in [6.07, 6.45) is 1.39. The summed E-state index contributed by atoms with van der Waals surface area (Å²) in [6, 6.07) is 6.96. The fourth-order valence-electron chi connectivity index (χ4n) is 1.34. The molecule has 0 bridgehead atoms. The fourth-order valence-corrected chi connectivity index (χ4v) is 3.23. The number of aromatic nitrogens is 1. The van der Waals surface area contributed by atoms with Crippen molar-refractivity contribution in [3.8, 4) is 0 Å². The number of nitrogens with zero attached hydrogens (tertiary/aromatic N) is 1. The first-order chi connectivity index (χ1) is 8.87. The molecule has 0 unspecified atom stereocenters. The van der Waals surface area contributed by atoms with Crippen LogP contribution in [0.5, 0.6) is 0 Å². The molecule has 0 radical (unpaired) electrons. The Morgan fingerprint density at radius 2 is 1.58 bits per heavy atom. The molecular formula is C11H7Cl3N2O2S. The van der Waals surface area contributed by atoms with Gasteiger partial charge >= 0.3 is 0 Å². The topological polar surface area (TPSA) is 59.1 Å². The van der Waals surface area contributed by atoms with Gasteiger partial charge in [0.1, 0.15) is 5.82 Å². The van der Waals surface area contributed by atoms with Crippen LogP contribution in [-0.2, 0) is 10.0 Å². The molecule has 0 saturated heterocycles. The van der Waals surface area contributed by atoms with E-state index in [1.807, 2.05) is 0 Å². The largest absolute Gasteiger partial charge is 0.263 e. The van der Waals surface area contributed by atoms with E-state index in [2.05, 4.69) is 9.71 Å². The number of halogens is 3. The zero-order valence-electron chi connectivity index (χ0n) is 9.27. The fraction of sp³-hybridized carbons (Fsp3) is 0. The zero-order chi connectivity index (χ0) is 14.0. The molecule has 0 amide bonds. The van der Waals surface area contributed by atoms with Crippen molar-refractivity contribution in [3.63, 3.8) is 0 Å². The Morgan fingerprint density at radius 1 is 0.947 bits per heavy atom. The molecule has 0 fully saturated rings. The number of hydrogen-bond acceptors (Lipinski definition) is 3. The highest BCUT2D eigenvalue weighted by Crippen LogP contribution is 2.24. The van der Waals surface area contributed by atoms with Gasteiger partial charge in [-0.2, -0.15) is 0 Å². The minimum absolute atomic E-state index is 0.0493. The maximum Gasteiger partial charge on any atom is 0.263 e. The molecule has 1 aromatic carbocycles. The van der Waals surface area contributed by atoms with Crippen LogP contribution in [0.3, 0.4) is 0 Å². The third-order valence-electron chi connectivity index (χ3n) is 2.11. The Bertz CT molecular complexity index is 699. The average Bonchev–Trinajstić information content (AvgIpc) is 2.26. The second-order valence-corrected chi connectivity index (χ2v) is 6.56. The molecule has 2 aromatic rings. The first-order valence-corrected chi connectivity index (χ1v) is 7.59. The van der Waals surface area contributed by atoms with E-state index in [4.69, 9.17) is 34.8 Å². The van der Waals surface area contributed by atoms with Crippen LogP contribution in [0.1, 0.15) is 0 Å². The van der Waals surface area contributed by atoms with E-state index in [9.17, 15) is 8.42 Å². The average molecular weight is 338 g/mol. The van der Waals surface area contributed by atoms with Crippen LogP contribution in [0.25, 0.3) is 0 Å². The number of pyridine rings is 1. The summed E-state index contributed by atoms with van der Waals surface area (Å²) in [6.45, 7) is 0. The van der Waals surface area contributed by atoms with Crippen LogP contribution in [0.2, 0.25) is 15.1 Å². The Labute approximate surface area is 125 Å². The smallest absolute Gasteiger partial charge is 0.263 e. The van der Waals surface area contributed by atoms with Crippen LogP contribution in [0.4, 0.5) is 5.82 Å². The summed E-state index contributed by atoms with van der Waals surface area (Å²) in [5.74, 6) is 0.114. The minimum atomic E-state index is -3.82. The van der Waals surface area contributed by atoms with Gasteiger partial charge in [0.2, 0.25) is 0 Å². The van der Waals surface area contributed by atoms with Gasteiger partial charge in [0.15, 0.2) is 0 Å². The third kappa shape index (κ3) is 3.73. The molecule has 1 aromatic heterocycles. The van der Waals surface area contributed by atoms with Gasteiger partial charge in [-0.3, -0.25) is 4.72 Å². The van der Waals surface area contributed by atoms with Gasteiger partial charge in [0, 0.05) is 27.3 Å². The van der Waals surface area contributed by atoms with Crippen molar-refractivity contribution >= 4 is 50.6 Å². The SMILES string of the molecule is O=S(=O)(Nc1cc(Cl)ccn1)c1cc(Cl)cc(Cl)c1. The van der Waals surface area contributed by atoms with Crippen LogP contribution < -0.4 is 4.72 Å². The molecule has 4 nitrogen and oxygen atoms in total. The first-order valence-electron chi connectivity index (χ1n) is 4.97. The lowest BCUT2D eigenvalue weighted by atomic mass is 10.4. The molecule has 0 atom stereocenters. The molecule has 19 heavy (non-hydrogen) atoms. The Balaban J connectivity index is 2.37. The van der Waals surface area contributed by atoms with E-state index in [0.717, 1.165) is 0 Å². The van der Waals surface area contributed by atoms with Crippen LogP contribution in [-0.4, -0.2) is 13.4 Å². The Hall–Kier alpha value is -1.01. The van der Waals surface area contributed by atoms with Crippen molar-refractivity contribution in [2.45, 2.75) is 4.90 Å². The van der Waals surface area contributed by atoms with E-state index in [0.29, 0.717) is 5.02 Å². The molecule has 0 saturated carbocycles. The minimum Gasteiger partial charge on any atom is -0.263 e. The van der Waals surface area contributed by atoms with E-state index >= 15 is 0 Å². The molecule has 1 heterocycles. The summed E-state index contributed by atoms with van der Waals surface area (Å²) in [7, 11) is -3.82. The molecule has 8 heteroatoms. The van der Waals surface area contributed by atoms with Crippen LogP contribution >= 0.6 is 34.8 Å². The molecule has 0 aliphatic carbocycles. The highest BCUT2D eigenvalue weighted by Gasteiger charge is 2.16. The number of nitrogens with one attached hydrogen (secondary N) is 1. The lowest BCUT2D eigenvalue weighted by Crippen LogP contribution is -2.13. The van der Waals surface area contributed by atoms with Gasteiger partial charge in [-0.25, -0.2) is 13.4 Å². The second-order valence-electron chi connectivity index (χ2n) is 3.57. The molecular weight excluding hydrogens is 331 g/mol. The van der Waals surface area contributed by atoms with Gasteiger partial charge in [-0.1, -0.05) is 34.8 Å². The standard InChI is InChI=1S/C11H7Cl3N2O2S/c12-7-1-2-15-11(6-7)16-19(17,18)10-4-8(13)3-9(14)5-10/h1-6H,(H,15,16). The van der Waals surface area contributed by atoms with Gasteiger partial charge in [0.25, 0.3) is 10.0 Å². The first kappa shape index (κ1) is 14.4. The van der Waals surface area contributed by atoms with E-state index in [1.54, 1.807) is 0 Å². The summed E-state index contributed by atoms with van der Waals surface area (Å²) in [5, 5.41) is 0.829. The molecule has 0 aliphatic heterocycles. The Morgan fingerprint density at radius 3 is 2.16 bits per heavy atom. The molecule has 0 spiro atoms. The van der Waals surface area contributed by atoms with Crippen LogP contribution in [0, 0.1) is 0 Å². The van der Waals surface area contributed by atoms with Crippen molar-refractivity contribution in [2.24, 2.45) is 0 Å². The van der Waals surface area contributed by atoms with E-state index in [-0.39, 0.29) is 20.8 Å². The highest BCUT2D eigenvalue weighted by molar-refractivity contribution is 7.92. The highest BCUT2D eigenvalue weighted by atomic mass is 35.5. The van der Waals surface area contributed by atoms with Gasteiger partial charge in [0.05, 0.1) is 4.90 Å². The van der Waals surface area contributed by atoms with E-state index in [1.165, 1.54) is 36.5 Å². The number of rotatable bonds is 3. The number of hydrogen-bond donors (Lipinski definition) is 1. The summed E-state index contributed by atoms with van der Waals surface area (Å²) in [4.78, 5) is 3.81. The van der Waals surface area contributed by atoms with Crippen molar-refractivity contribution < 1.29 is 8.42 Å². The number of benzene rings is 1. The molecule has 1 N–H and O–H groups in total. The normalized spacial score (nSPS) is 11.3. The van der Waals surface area contributed by atoms with Crippen molar-refractivity contribution in [1.82, 2.24) is 4.98 Å². The summed E-state index contributed by atoms with van der Waals surface area (Å²) >= 11 is 17.3. The maximum absolute atomic E-state index is 12.1. The van der Waals surface area contributed by atoms with Crippen molar-refractivity contribution in [3.05, 3.63) is 51.6 Å². The zero-order valence-corrected chi connectivity index (χ0v) is 12.4. The molecule has 2 rings (SSSR count). The third-order valence-corrected chi connectivity index (χ3v) is 4.11. The van der Waals surface area contributed by atoms with Crippen molar-refractivity contribution in [2.75, 3.05) is 4.72 Å². The molecule has 100 valence electrons. The predicted molar refractivity (Wildman–Crippen MR) is 76.5 cm³/mol. The quantitative estimate of drug-likeness (QED) is 0.925. The maximum atomic E-state index is 12.1. The van der Waals surface area contributed by atoms with Crippen molar-refractivity contribution in [1.29, 1.82) is 0 Å². The number of sulfonamides is 1. The van der Waals surface area contributed by atoms with Gasteiger partial charge in [-0.15, -0.1) is 0 Å². The lowest BCUT2D eigenvalue weighted by Gasteiger charge is -2.08. The number of anilines is 1.